The van der Waals surface area contributed by atoms with Crippen LogP contribution in [-0.4, -0.2) is 35.7 Å². The van der Waals surface area contributed by atoms with E-state index in [4.69, 9.17) is 16.3 Å². The molecule has 1 fully saturated rings. The molecule has 1 aliphatic carbocycles. The smallest absolute Gasteiger partial charge is 0.256 e. The number of ether oxygens (including phenoxy) is 1. The second-order valence-corrected chi connectivity index (χ2v) is 9.10. The second-order valence-electron chi connectivity index (χ2n) is 8.45. The van der Waals surface area contributed by atoms with Gasteiger partial charge in [0.15, 0.2) is 6.23 Å². The highest BCUT2D eigenvalue weighted by Gasteiger charge is 2.45. The van der Waals surface area contributed by atoms with Crippen LogP contribution in [-0.2, 0) is 4.74 Å². The molecule has 1 amide bonds. The van der Waals surface area contributed by atoms with Crippen molar-refractivity contribution in [2.45, 2.75) is 60.6 Å². The normalized spacial score (nSPS) is 17.1. The molecule has 0 aromatic heterocycles. The van der Waals surface area contributed by atoms with E-state index >= 15 is 0 Å². The Labute approximate surface area is 218 Å². The standard InChI is InChI=1S/C22H27NO3.C3H5Cl.C3H6.C2H6/c1-4-16(2)9-10-17(3)13-23-20(25)18-7-5-6-8-19(18)21(23)26-15-22(14-24)11-12-22;1-3(2)4;1-3-2;1-2/h4-10,21,24H,3,11-15H2,1-2H3;1H2,2H3;3H,1H2,2H3;1-2H3/b10-9-,16-4-;;;. The minimum Gasteiger partial charge on any atom is -0.396 e. The van der Waals surface area contributed by atoms with Gasteiger partial charge in [-0.05, 0) is 52.2 Å². The largest absolute Gasteiger partial charge is 0.396 e. The predicted octanol–water partition coefficient (Wildman–Crippen LogP) is 7.99. The van der Waals surface area contributed by atoms with Crippen LogP contribution in [0.15, 0.2) is 84.5 Å². The van der Waals surface area contributed by atoms with Crippen LogP contribution in [0.3, 0.4) is 0 Å². The second kappa shape index (κ2) is 17.1. The summed E-state index contributed by atoms with van der Waals surface area (Å²) in [6.45, 7) is 23.4. The molecule has 1 unspecified atom stereocenters. The van der Waals surface area contributed by atoms with Crippen LogP contribution in [0.1, 0.15) is 76.5 Å². The van der Waals surface area contributed by atoms with Crippen LogP contribution in [0.5, 0.6) is 0 Å². The first-order valence-electron chi connectivity index (χ1n) is 12.1. The van der Waals surface area contributed by atoms with E-state index in [2.05, 4.69) is 19.7 Å². The van der Waals surface area contributed by atoms with Gasteiger partial charge in [0, 0.05) is 28.1 Å². The third-order valence-electron chi connectivity index (χ3n) is 5.25. The van der Waals surface area contributed by atoms with E-state index < -0.39 is 6.23 Å². The van der Waals surface area contributed by atoms with Gasteiger partial charge >= 0.3 is 0 Å². The topological polar surface area (TPSA) is 49.8 Å². The molecule has 2 aliphatic rings. The van der Waals surface area contributed by atoms with Crippen molar-refractivity contribution < 1.29 is 14.6 Å². The molecular weight excluding hydrogens is 458 g/mol. The minimum atomic E-state index is -0.421. The summed E-state index contributed by atoms with van der Waals surface area (Å²) in [6.07, 6.45) is 9.25. The number of benzene rings is 1. The molecule has 1 atom stereocenters. The summed E-state index contributed by atoms with van der Waals surface area (Å²) in [5.41, 5.74) is 3.46. The first-order valence-corrected chi connectivity index (χ1v) is 12.5. The molecule has 3 rings (SSSR count). The summed E-state index contributed by atoms with van der Waals surface area (Å²) >= 11 is 5.08. The van der Waals surface area contributed by atoms with Gasteiger partial charge in [0.05, 0.1) is 13.2 Å². The van der Waals surface area contributed by atoms with E-state index in [1.165, 1.54) is 0 Å². The fourth-order valence-electron chi connectivity index (χ4n) is 3.07. The number of fused-ring (bicyclic) bond motifs is 1. The number of amides is 1. The summed E-state index contributed by atoms with van der Waals surface area (Å²) in [5, 5.41) is 10.2. The van der Waals surface area contributed by atoms with Crippen molar-refractivity contribution in [1.82, 2.24) is 4.90 Å². The zero-order valence-corrected chi connectivity index (χ0v) is 23.2. The molecule has 194 valence electrons. The van der Waals surface area contributed by atoms with Gasteiger partial charge in [-0.2, -0.15) is 0 Å². The van der Waals surface area contributed by atoms with Gasteiger partial charge in [0.1, 0.15) is 0 Å². The Morgan fingerprint density at radius 2 is 1.74 bits per heavy atom. The fourth-order valence-corrected chi connectivity index (χ4v) is 3.07. The van der Waals surface area contributed by atoms with Crippen LogP contribution < -0.4 is 0 Å². The van der Waals surface area contributed by atoms with Crippen LogP contribution in [0.25, 0.3) is 0 Å². The lowest BCUT2D eigenvalue weighted by Crippen LogP contribution is -2.32. The summed E-state index contributed by atoms with van der Waals surface area (Å²) in [6, 6.07) is 7.58. The molecule has 1 N–H and O–H groups in total. The SMILES string of the molecule is C=C(/C=C\C(C)=C/C)CN1C(=O)c2ccccc2C1OCC1(CO)CC1.C=C(C)Cl.C=CC.CC. The van der Waals surface area contributed by atoms with Crippen molar-refractivity contribution in [1.29, 1.82) is 0 Å². The minimum absolute atomic E-state index is 0.0308. The Morgan fingerprint density at radius 3 is 2.23 bits per heavy atom. The van der Waals surface area contributed by atoms with Crippen molar-refractivity contribution >= 4 is 17.5 Å². The number of hydrogen-bond acceptors (Lipinski definition) is 3. The molecule has 1 heterocycles. The maximum Gasteiger partial charge on any atom is 0.256 e. The van der Waals surface area contributed by atoms with Crippen molar-refractivity contribution in [3.05, 3.63) is 95.6 Å². The lowest BCUT2D eigenvalue weighted by atomic mass is 10.1. The lowest BCUT2D eigenvalue weighted by molar-refractivity contribution is -0.0600. The number of aliphatic hydroxyl groups is 1. The van der Waals surface area contributed by atoms with E-state index in [0.29, 0.717) is 23.7 Å². The summed E-state index contributed by atoms with van der Waals surface area (Å²) < 4.78 is 6.15. The third kappa shape index (κ3) is 11.3. The van der Waals surface area contributed by atoms with Crippen LogP contribution in [0.4, 0.5) is 0 Å². The molecule has 1 aromatic rings. The van der Waals surface area contributed by atoms with E-state index in [0.717, 1.165) is 29.6 Å². The Morgan fingerprint density at radius 1 is 1.20 bits per heavy atom. The van der Waals surface area contributed by atoms with E-state index in [-0.39, 0.29) is 17.9 Å². The Hall–Kier alpha value is -2.40. The van der Waals surface area contributed by atoms with Crippen molar-refractivity contribution in [2.24, 2.45) is 5.41 Å². The average molecular weight is 502 g/mol. The first-order chi connectivity index (χ1) is 16.6. The molecule has 1 saturated carbocycles. The number of hydrogen-bond donors (Lipinski definition) is 1. The summed E-state index contributed by atoms with van der Waals surface area (Å²) in [5.74, 6) is -0.0308. The van der Waals surface area contributed by atoms with E-state index in [9.17, 15) is 9.90 Å². The number of nitrogens with zero attached hydrogens (tertiary/aromatic N) is 1. The molecule has 35 heavy (non-hydrogen) atoms. The van der Waals surface area contributed by atoms with Gasteiger partial charge in [-0.15, -0.1) is 6.58 Å². The average Bonchev–Trinajstić information content (AvgIpc) is 3.58. The van der Waals surface area contributed by atoms with Gasteiger partial charge in [0.25, 0.3) is 5.91 Å². The number of allylic oxidation sites excluding steroid dienone is 5. The zero-order chi connectivity index (χ0) is 27.0. The van der Waals surface area contributed by atoms with Gasteiger partial charge in [-0.25, -0.2) is 0 Å². The molecular formula is C30H44ClNO3. The number of carbonyl (C=O) groups excluding carboxylic acids is 1. The third-order valence-corrected chi connectivity index (χ3v) is 5.25. The quantitative estimate of drug-likeness (QED) is 0.290. The van der Waals surface area contributed by atoms with E-state index in [1.807, 2.05) is 77.1 Å². The van der Waals surface area contributed by atoms with Crippen LogP contribution in [0, 0.1) is 5.41 Å². The number of aliphatic hydroxyl groups excluding tert-OH is 1. The monoisotopic (exact) mass is 501 g/mol. The molecule has 5 heteroatoms. The van der Waals surface area contributed by atoms with Gasteiger partial charge in [-0.3, -0.25) is 4.79 Å². The van der Waals surface area contributed by atoms with Gasteiger partial charge in [0.2, 0.25) is 0 Å². The Bertz CT molecular complexity index is 893. The predicted molar refractivity (Wildman–Crippen MR) is 151 cm³/mol. The maximum absolute atomic E-state index is 12.9. The molecule has 1 aliphatic heterocycles. The molecule has 4 nitrogen and oxygen atoms in total. The summed E-state index contributed by atoms with van der Waals surface area (Å²) in [4.78, 5) is 14.6. The van der Waals surface area contributed by atoms with Crippen molar-refractivity contribution in [2.75, 3.05) is 19.8 Å². The Balaban J connectivity index is 0.00000112. The number of halogens is 1. The highest BCUT2D eigenvalue weighted by molar-refractivity contribution is 6.28. The fraction of sp³-hybridized carbons (Fsp3) is 0.433. The van der Waals surface area contributed by atoms with Crippen LogP contribution >= 0.6 is 11.6 Å². The summed E-state index contributed by atoms with van der Waals surface area (Å²) in [7, 11) is 0. The Kier molecular flexibility index (Phi) is 15.9. The highest BCUT2D eigenvalue weighted by atomic mass is 35.5. The number of carbonyl (C=O) groups is 1. The molecule has 0 spiro atoms. The zero-order valence-electron chi connectivity index (χ0n) is 22.4. The highest BCUT2D eigenvalue weighted by Crippen LogP contribution is 2.47. The molecule has 0 bridgehead atoms. The van der Waals surface area contributed by atoms with Crippen LogP contribution in [0.2, 0.25) is 0 Å². The number of rotatable bonds is 8. The maximum atomic E-state index is 12.9. The first kappa shape index (κ1) is 32.6. The molecule has 0 radical (unpaired) electrons. The van der Waals surface area contributed by atoms with Crippen molar-refractivity contribution in [3.8, 4) is 0 Å². The van der Waals surface area contributed by atoms with Crippen molar-refractivity contribution in [3.63, 3.8) is 0 Å². The van der Waals surface area contributed by atoms with Gasteiger partial charge in [-0.1, -0.05) is 86.7 Å². The molecule has 1 aromatic carbocycles. The van der Waals surface area contributed by atoms with Gasteiger partial charge < -0.3 is 14.7 Å². The lowest BCUT2D eigenvalue weighted by Gasteiger charge is -2.27. The van der Waals surface area contributed by atoms with E-state index in [1.54, 1.807) is 17.9 Å². The molecule has 0 saturated heterocycles.